The molecule has 0 saturated heterocycles. The van der Waals surface area contributed by atoms with Gasteiger partial charge in [0.25, 0.3) is 0 Å². The molecule has 1 heterocycles. The molecule has 0 bridgehead atoms. The molecule has 2 aliphatic rings. The molecule has 1 nitrogen and oxygen atoms in total. The molecule has 0 aromatic heterocycles. The van der Waals surface area contributed by atoms with Gasteiger partial charge in [0.15, 0.2) is 0 Å². The summed E-state index contributed by atoms with van der Waals surface area (Å²) in [5, 5.41) is 3.38. The number of fused-ring (bicyclic) bond motifs is 3. The summed E-state index contributed by atoms with van der Waals surface area (Å²) >= 11 is 0. The largest absolute Gasteiger partial charge is 0.380 e. The maximum absolute atomic E-state index is 3.38. The first-order chi connectivity index (χ1) is 6.95. The second-order valence-electron chi connectivity index (χ2n) is 3.59. The van der Waals surface area contributed by atoms with Crippen molar-refractivity contribution in [2.45, 2.75) is 6.04 Å². The quantitative estimate of drug-likeness (QED) is 0.649. The number of dihydropyridines is 1. The fourth-order valence-electron chi connectivity index (χ4n) is 2.04. The Labute approximate surface area is 83.5 Å². The van der Waals surface area contributed by atoms with Crippen LogP contribution in [0.4, 0.5) is 0 Å². The van der Waals surface area contributed by atoms with Gasteiger partial charge in [-0.2, -0.15) is 0 Å². The summed E-state index contributed by atoms with van der Waals surface area (Å²) < 4.78 is 0. The molecule has 1 aliphatic carbocycles. The van der Waals surface area contributed by atoms with Crippen LogP contribution in [0.3, 0.4) is 0 Å². The van der Waals surface area contributed by atoms with E-state index in [0.717, 1.165) is 0 Å². The molecule has 0 saturated carbocycles. The first-order valence-corrected chi connectivity index (χ1v) is 4.85. The van der Waals surface area contributed by atoms with E-state index in [-0.39, 0.29) is 0 Å². The molecule has 14 heavy (non-hydrogen) atoms. The standard InChI is InChI=1S/C13H11N/c1-2-6-12-10(4-1)7-8-11-5-3-9-14-13(11)12/h1-9,13-14H. The van der Waals surface area contributed by atoms with Gasteiger partial charge in [0.1, 0.15) is 0 Å². The van der Waals surface area contributed by atoms with Crippen molar-refractivity contribution in [3.05, 3.63) is 65.4 Å². The van der Waals surface area contributed by atoms with Crippen molar-refractivity contribution in [2.75, 3.05) is 0 Å². The third-order valence-corrected chi connectivity index (χ3v) is 2.74. The smallest absolute Gasteiger partial charge is 0.0768 e. The van der Waals surface area contributed by atoms with Crippen molar-refractivity contribution < 1.29 is 0 Å². The lowest BCUT2D eigenvalue weighted by molar-refractivity contribution is 0.713. The van der Waals surface area contributed by atoms with Gasteiger partial charge in [-0.15, -0.1) is 0 Å². The maximum Gasteiger partial charge on any atom is 0.0768 e. The summed E-state index contributed by atoms with van der Waals surface area (Å²) in [5.74, 6) is 0. The first-order valence-electron chi connectivity index (χ1n) is 4.85. The molecule has 1 heteroatoms. The molecule has 0 fully saturated rings. The van der Waals surface area contributed by atoms with E-state index in [1.807, 2.05) is 12.3 Å². The van der Waals surface area contributed by atoms with Crippen LogP contribution in [0.15, 0.2) is 54.3 Å². The van der Waals surface area contributed by atoms with Crippen LogP contribution in [0.5, 0.6) is 0 Å². The molecule has 0 spiro atoms. The Bertz CT molecular complexity index is 452. The highest BCUT2D eigenvalue weighted by Crippen LogP contribution is 2.32. The van der Waals surface area contributed by atoms with E-state index in [9.17, 15) is 0 Å². The summed E-state index contributed by atoms with van der Waals surface area (Å²) in [6.07, 6.45) is 10.6. The highest BCUT2D eigenvalue weighted by Gasteiger charge is 2.20. The molecular weight excluding hydrogens is 170 g/mol. The fourth-order valence-corrected chi connectivity index (χ4v) is 2.04. The van der Waals surface area contributed by atoms with E-state index in [1.54, 1.807) is 0 Å². The second kappa shape index (κ2) is 2.88. The SMILES string of the molecule is C1=CNC2C(=C1)C=Cc1ccccc12. The highest BCUT2D eigenvalue weighted by atomic mass is 14.9. The van der Waals surface area contributed by atoms with Gasteiger partial charge >= 0.3 is 0 Å². The van der Waals surface area contributed by atoms with Gasteiger partial charge in [-0.1, -0.05) is 42.5 Å². The molecule has 1 N–H and O–H groups in total. The molecule has 0 radical (unpaired) electrons. The number of allylic oxidation sites excluding steroid dienone is 2. The Morgan fingerprint density at radius 2 is 2.00 bits per heavy atom. The summed E-state index contributed by atoms with van der Waals surface area (Å²) in [5.41, 5.74) is 4.02. The van der Waals surface area contributed by atoms with Crippen molar-refractivity contribution in [1.82, 2.24) is 5.32 Å². The fraction of sp³-hybridized carbons (Fsp3) is 0.0769. The van der Waals surface area contributed by atoms with Crippen LogP contribution in [0, 0.1) is 0 Å². The van der Waals surface area contributed by atoms with Gasteiger partial charge in [-0.3, -0.25) is 0 Å². The minimum absolute atomic E-state index is 0.348. The third-order valence-electron chi connectivity index (χ3n) is 2.74. The highest BCUT2D eigenvalue weighted by molar-refractivity contribution is 5.64. The lowest BCUT2D eigenvalue weighted by Crippen LogP contribution is -2.21. The zero-order valence-corrected chi connectivity index (χ0v) is 7.77. The van der Waals surface area contributed by atoms with E-state index >= 15 is 0 Å². The van der Waals surface area contributed by atoms with Crippen molar-refractivity contribution in [2.24, 2.45) is 0 Å². The zero-order valence-electron chi connectivity index (χ0n) is 7.77. The minimum Gasteiger partial charge on any atom is -0.380 e. The molecule has 1 aromatic rings. The third kappa shape index (κ3) is 1.02. The van der Waals surface area contributed by atoms with E-state index in [1.165, 1.54) is 16.7 Å². The maximum atomic E-state index is 3.38. The molecule has 1 atom stereocenters. The van der Waals surface area contributed by atoms with Gasteiger partial charge in [0, 0.05) is 0 Å². The van der Waals surface area contributed by atoms with Gasteiger partial charge in [0.2, 0.25) is 0 Å². The normalized spacial score (nSPS) is 22.0. The average Bonchev–Trinajstić information content (AvgIpc) is 2.29. The summed E-state index contributed by atoms with van der Waals surface area (Å²) in [6.45, 7) is 0. The average molecular weight is 181 g/mol. The van der Waals surface area contributed by atoms with Crippen LogP contribution in [0.25, 0.3) is 6.08 Å². The van der Waals surface area contributed by atoms with E-state index in [4.69, 9.17) is 0 Å². The van der Waals surface area contributed by atoms with Crippen LogP contribution in [0.2, 0.25) is 0 Å². The van der Waals surface area contributed by atoms with Crippen molar-refractivity contribution in [3.63, 3.8) is 0 Å². The van der Waals surface area contributed by atoms with Crippen LogP contribution in [-0.4, -0.2) is 0 Å². The second-order valence-corrected chi connectivity index (χ2v) is 3.59. The predicted octanol–water partition coefficient (Wildman–Crippen LogP) is 2.80. The van der Waals surface area contributed by atoms with Crippen LogP contribution in [0.1, 0.15) is 17.2 Å². The molecule has 1 aliphatic heterocycles. The van der Waals surface area contributed by atoms with Gasteiger partial charge in [-0.05, 0) is 29.0 Å². The van der Waals surface area contributed by atoms with Crippen molar-refractivity contribution >= 4 is 6.08 Å². The number of hydrogen-bond donors (Lipinski definition) is 1. The molecule has 0 amide bonds. The lowest BCUT2D eigenvalue weighted by Gasteiger charge is -2.26. The Hall–Kier alpha value is -1.76. The summed E-state index contributed by atoms with van der Waals surface area (Å²) in [4.78, 5) is 0. The van der Waals surface area contributed by atoms with Crippen LogP contribution in [-0.2, 0) is 0 Å². The predicted molar refractivity (Wildman–Crippen MR) is 58.6 cm³/mol. The number of rotatable bonds is 0. The molecule has 3 rings (SSSR count). The number of hydrogen-bond acceptors (Lipinski definition) is 1. The van der Waals surface area contributed by atoms with Gasteiger partial charge in [0.05, 0.1) is 6.04 Å². The first kappa shape index (κ1) is 7.63. The molecule has 1 aromatic carbocycles. The summed E-state index contributed by atoms with van der Waals surface area (Å²) in [7, 11) is 0. The van der Waals surface area contributed by atoms with Crippen molar-refractivity contribution in [1.29, 1.82) is 0 Å². The van der Waals surface area contributed by atoms with Crippen LogP contribution < -0.4 is 5.32 Å². The lowest BCUT2D eigenvalue weighted by atomic mass is 9.88. The molecular formula is C13H11N. The number of benzene rings is 1. The number of nitrogens with one attached hydrogen (secondary N) is 1. The minimum atomic E-state index is 0.348. The Kier molecular flexibility index (Phi) is 1.57. The Morgan fingerprint density at radius 1 is 1.07 bits per heavy atom. The molecule has 68 valence electrons. The Balaban J connectivity index is 2.18. The van der Waals surface area contributed by atoms with Gasteiger partial charge < -0.3 is 5.32 Å². The van der Waals surface area contributed by atoms with Crippen LogP contribution >= 0.6 is 0 Å². The molecule has 1 unspecified atom stereocenters. The Morgan fingerprint density at radius 3 is 3.00 bits per heavy atom. The van der Waals surface area contributed by atoms with E-state index < -0.39 is 0 Å². The van der Waals surface area contributed by atoms with Crippen molar-refractivity contribution in [3.8, 4) is 0 Å². The zero-order chi connectivity index (χ0) is 9.38. The van der Waals surface area contributed by atoms with Gasteiger partial charge in [-0.25, -0.2) is 0 Å². The van der Waals surface area contributed by atoms with E-state index in [0.29, 0.717) is 6.04 Å². The van der Waals surface area contributed by atoms with E-state index in [2.05, 4.69) is 47.8 Å². The topological polar surface area (TPSA) is 12.0 Å². The monoisotopic (exact) mass is 181 g/mol. The summed E-state index contributed by atoms with van der Waals surface area (Å²) in [6, 6.07) is 8.86.